The van der Waals surface area contributed by atoms with Crippen LogP contribution >= 0.6 is 15.9 Å². The fourth-order valence-corrected chi connectivity index (χ4v) is 3.46. The molecule has 1 aromatic heterocycles. The number of nitrogens with zero attached hydrogens (tertiary/aromatic N) is 1. The molecule has 1 heterocycles. The standard InChI is InChI=1S/C22H21BrF3NO2/c1-21(2,3)14-4-7-16(8-5-14)29-11-10-27-13-18(20(28)22(24,25)26)17-12-15(23)6-9-19(17)27/h4-9,12-13H,10-11H2,1-3H3. The number of hydrogen-bond donors (Lipinski definition) is 0. The Kier molecular flexibility index (Phi) is 5.81. The summed E-state index contributed by atoms with van der Waals surface area (Å²) < 4.78 is 46.9. The topological polar surface area (TPSA) is 31.2 Å². The molecule has 0 saturated carbocycles. The van der Waals surface area contributed by atoms with E-state index in [1.165, 1.54) is 17.8 Å². The van der Waals surface area contributed by atoms with Gasteiger partial charge >= 0.3 is 6.18 Å². The second-order valence-electron chi connectivity index (χ2n) is 7.85. The lowest BCUT2D eigenvalue weighted by Crippen LogP contribution is -2.22. The van der Waals surface area contributed by atoms with E-state index in [4.69, 9.17) is 4.74 Å². The largest absolute Gasteiger partial charge is 0.492 e. The van der Waals surface area contributed by atoms with E-state index < -0.39 is 12.0 Å². The third-order valence-corrected chi connectivity index (χ3v) is 5.16. The van der Waals surface area contributed by atoms with Gasteiger partial charge < -0.3 is 9.30 Å². The molecule has 0 saturated heterocycles. The molecule has 0 amide bonds. The Morgan fingerprint density at radius 1 is 1.07 bits per heavy atom. The van der Waals surface area contributed by atoms with Crippen LogP contribution < -0.4 is 4.74 Å². The van der Waals surface area contributed by atoms with Gasteiger partial charge in [-0.15, -0.1) is 0 Å². The lowest BCUT2D eigenvalue weighted by Gasteiger charge is -2.19. The number of rotatable bonds is 5. The molecule has 0 radical (unpaired) electrons. The summed E-state index contributed by atoms with van der Waals surface area (Å²) in [7, 11) is 0. The third-order valence-electron chi connectivity index (χ3n) is 4.67. The number of hydrogen-bond acceptors (Lipinski definition) is 2. The van der Waals surface area contributed by atoms with Crippen LogP contribution in [0.5, 0.6) is 5.75 Å². The van der Waals surface area contributed by atoms with Gasteiger partial charge in [0.25, 0.3) is 5.78 Å². The molecule has 3 rings (SSSR count). The van der Waals surface area contributed by atoms with Crippen LogP contribution in [0.1, 0.15) is 36.7 Å². The Morgan fingerprint density at radius 3 is 2.31 bits per heavy atom. The number of carbonyl (C=O) groups excluding carboxylic acids is 1. The van der Waals surface area contributed by atoms with Crippen molar-refractivity contribution in [3.8, 4) is 5.75 Å². The molecule has 0 unspecified atom stereocenters. The molecule has 29 heavy (non-hydrogen) atoms. The lowest BCUT2D eigenvalue weighted by molar-refractivity contribution is -0.0884. The number of alkyl halides is 3. The maximum Gasteiger partial charge on any atom is 0.454 e. The van der Waals surface area contributed by atoms with Gasteiger partial charge in [0.1, 0.15) is 12.4 Å². The number of aromatic nitrogens is 1. The molecule has 3 nitrogen and oxygen atoms in total. The molecule has 0 spiro atoms. The molecule has 0 fully saturated rings. The molecule has 0 aliphatic carbocycles. The zero-order valence-corrected chi connectivity index (χ0v) is 17.9. The molecule has 0 N–H and O–H groups in total. The Labute approximate surface area is 175 Å². The first-order chi connectivity index (χ1) is 13.5. The molecule has 2 aromatic carbocycles. The Morgan fingerprint density at radius 2 is 1.72 bits per heavy atom. The molecule has 0 aliphatic heterocycles. The van der Waals surface area contributed by atoms with Gasteiger partial charge in [0.15, 0.2) is 0 Å². The van der Waals surface area contributed by atoms with Gasteiger partial charge in [0, 0.05) is 21.6 Å². The van der Waals surface area contributed by atoms with E-state index in [9.17, 15) is 18.0 Å². The number of Topliss-reactive ketones (excluding diaryl/α,β-unsaturated/α-hetero) is 1. The number of benzene rings is 2. The van der Waals surface area contributed by atoms with Crippen molar-refractivity contribution in [2.45, 2.75) is 38.9 Å². The smallest absolute Gasteiger partial charge is 0.454 e. The Hall–Kier alpha value is -2.28. The first-order valence-electron chi connectivity index (χ1n) is 9.10. The third kappa shape index (κ3) is 4.83. The summed E-state index contributed by atoms with van der Waals surface area (Å²) in [5.41, 5.74) is 1.41. The highest BCUT2D eigenvalue weighted by Crippen LogP contribution is 2.30. The molecule has 7 heteroatoms. The van der Waals surface area contributed by atoms with Gasteiger partial charge in [-0.05, 0) is 41.3 Å². The molecular weight excluding hydrogens is 447 g/mol. The van der Waals surface area contributed by atoms with Gasteiger partial charge in [-0.25, -0.2) is 0 Å². The summed E-state index contributed by atoms with van der Waals surface area (Å²) in [5.74, 6) is -1.16. The van der Waals surface area contributed by atoms with E-state index in [0.717, 1.165) is 0 Å². The van der Waals surface area contributed by atoms with E-state index in [0.29, 0.717) is 22.3 Å². The molecular formula is C22H21BrF3NO2. The van der Waals surface area contributed by atoms with Crippen LogP contribution in [0.3, 0.4) is 0 Å². The summed E-state index contributed by atoms with van der Waals surface area (Å²) in [5, 5.41) is 0.260. The summed E-state index contributed by atoms with van der Waals surface area (Å²) in [6.45, 7) is 6.94. The SMILES string of the molecule is CC(C)(C)c1ccc(OCCn2cc(C(=O)C(F)(F)F)c3cc(Br)ccc32)cc1. The second kappa shape index (κ2) is 7.86. The quantitative estimate of drug-likeness (QED) is 0.399. The molecule has 0 bridgehead atoms. The van der Waals surface area contributed by atoms with Crippen LogP contribution in [-0.2, 0) is 12.0 Å². The minimum absolute atomic E-state index is 0.0400. The van der Waals surface area contributed by atoms with E-state index >= 15 is 0 Å². The highest BCUT2D eigenvalue weighted by molar-refractivity contribution is 9.10. The number of carbonyl (C=O) groups is 1. The highest BCUT2D eigenvalue weighted by atomic mass is 79.9. The zero-order chi connectivity index (χ0) is 21.4. The maximum atomic E-state index is 13.0. The average molecular weight is 468 g/mol. The van der Waals surface area contributed by atoms with Gasteiger partial charge in [-0.1, -0.05) is 48.8 Å². The lowest BCUT2D eigenvalue weighted by atomic mass is 9.87. The fourth-order valence-electron chi connectivity index (χ4n) is 3.10. The zero-order valence-electron chi connectivity index (χ0n) is 16.3. The maximum absolute atomic E-state index is 13.0. The van der Waals surface area contributed by atoms with Gasteiger partial charge in [0.2, 0.25) is 0 Å². The van der Waals surface area contributed by atoms with E-state index in [-0.39, 0.29) is 23.0 Å². The number of fused-ring (bicyclic) bond motifs is 1. The van der Waals surface area contributed by atoms with Crippen molar-refractivity contribution in [1.82, 2.24) is 4.57 Å². The van der Waals surface area contributed by atoms with Gasteiger partial charge in [-0.2, -0.15) is 13.2 Å². The summed E-state index contributed by atoms with van der Waals surface area (Å²) in [6.07, 6.45) is -3.67. The van der Waals surface area contributed by atoms with Crippen LogP contribution in [0.2, 0.25) is 0 Å². The van der Waals surface area contributed by atoms with Gasteiger partial charge in [0.05, 0.1) is 12.1 Å². The van der Waals surface area contributed by atoms with Crippen LogP contribution in [0, 0.1) is 0 Å². The Bertz CT molecular complexity index is 1030. The van der Waals surface area contributed by atoms with E-state index in [1.54, 1.807) is 16.7 Å². The first-order valence-corrected chi connectivity index (χ1v) is 9.89. The average Bonchev–Trinajstić information content (AvgIpc) is 2.97. The predicted molar refractivity (Wildman–Crippen MR) is 111 cm³/mol. The molecule has 154 valence electrons. The van der Waals surface area contributed by atoms with Crippen LogP contribution in [0.25, 0.3) is 10.9 Å². The van der Waals surface area contributed by atoms with Crippen molar-refractivity contribution < 1.29 is 22.7 Å². The van der Waals surface area contributed by atoms with Crippen LogP contribution in [-0.4, -0.2) is 23.1 Å². The minimum atomic E-state index is -4.92. The number of halogens is 4. The molecule has 0 atom stereocenters. The minimum Gasteiger partial charge on any atom is -0.492 e. The normalized spacial score (nSPS) is 12.4. The van der Waals surface area contributed by atoms with E-state index in [1.807, 2.05) is 24.3 Å². The predicted octanol–water partition coefficient (Wildman–Crippen LogP) is 6.53. The molecule has 3 aromatic rings. The highest BCUT2D eigenvalue weighted by Gasteiger charge is 2.40. The van der Waals surface area contributed by atoms with Crippen molar-refractivity contribution in [2.24, 2.45) is 0 Å². The van der Waals surface area contributed by atoms with Crippen molar-refractivity contribution >= 4 is 32.6 Å². The van der Waals surface area contributed by atoms with Crippen LogP contribution in [0.15, 0.2) is 53.1 Å². The first kappa shape index (κ1) is 21.4. The van der Waals surface area contributed by atoms with Crippen molar-refractivity contribution in [3.63, 3.8) is 0 Å². The summed E-state index contributed by atoms with van der Waals surface area (Å²) in [4.78, 5) is 11.8. The number of ketones is 1. The summed E-state index contributed by atoms with van der Waals surface area (Å²) in [6, 6.07) is 12.7. The van der Waals surface area contributed by atoms with Crippen molar-refractivity contribution in [1.29, 1.82) is 0 Å². The fraction of sp³-hybridized carbons (Fsp3) is 0.318. The summed E-state index contributed by atoms with van der Waals surface area (Å²) >= 11 is 3.25. The van der Waals surface area contributed by atoms with E-state index in [2.05, 4.69) is 36.7 Å². The monoisotopic (exact) mass is 467 g/mol. The van der Waals surface area contributed by atoms with Crippen molar-refractivity contribution in [2.75, 3.05) is 6.61 Å². The molecule has 0 aliphatic rings. The van der Waals surface area contributed by atoms with Crippen molar-refractivity contribution in [3.05, 3.63) is 64.3 Å². The number of ether oxygens (including phenoxy) is 1. The Balaban J connectivity index is 1.79. The van der Waals surface area contributed by atoms with Gasteiger partial charge in [-0.3, -0.25) is 4.79 Å². The van der Waals surface area contributed by atoms with Crippen LogP contribution in [0.4, 0.5) is 13.2 Å². The second-order valence-corrected chi connectivity index (χ2v) is 8.76.